The van der Waals surface area contributed by atoms with Crippen LogP contribution in [0.4, 0.5) is 10.1 Å². The van der Waals surface area contributed by atoms with Crippen molar-refractivity contribution in [2.24, 2.45) is 0 Å². The number of aryl methyl sites for hydroxylation is 1. The van der Waals surface area contributed by atoms with E-state index < -0.39 is 17.3 Å². The minimum Gasteiger partial charge on any atom is -0.372 e. The summed E-state index contributed by atoms with van der Waals surface area (Å²) in [7, 11) is 0. The minimum absolute atomic E-state index is 0.273. The average Bonchev–Trinajstić information content (AvgIpc) is 2.66. The highest BCUT2D eigenvalue weighted by atomic mass is 19.1. The monoisotopic (exact) mass is 257 g/mol. The minimum atomic E-state index is -1.83. The second-order valence-electron chi connectivity index (χ2n) is 4.67. The molecule has 0 saturated carbocycles. The second kappa shape index (κ2) is 3.90. The molecule has 1 heterocycles. The Morgan fingerprint density at radius 2 is 1.89 bits per heavy atom. The van der Waals surface area contributed by atoms with Gasteiger partial charge in [0, 0.05) is 16.8 Å². The van der Waals surface area contributed by atoms with Gasteiger partial charge in [0.25, 0.3) is 5.91 Å². The zero-order valence-electron chi connectivity index (χ0n) is 10.3. The molecule has 0 spiro atoms. The van der Waals surface area contributed by atoms with Crippen LogP contribution in [0.2, 0.25) is 0 Å². The van der Waals surface area contributed by atoms with E-state index >= 15 is 0 Å². The van der Waals surface area contributed by atoms with Gasteiger partial charge in [-0.2, -0.15) is 0 Å². The van der Waals surface area contributed by atoms with Crippen molar-refractivity contribution in [3.05, 3.63) is 65.0 Å². The van der Waals surface area contributed by atoms with Crippen LogP contribution >= 0.6 is 0 Å². The van der Waals surface area contributed by atoms with E-state index in [2.05, 4.69) is 5.32 Å². The highest BCUT2D eigenvalue weighted by molar-refractivity contribution is 6.07. The van der Waals surface area contributed by atoms with Gasteiger partial charge in [0.1, 0.15) is 5.82 Å². The standard InChI is InChI=1S/C15H12FNO2/c1-9-6-7-10(16)8-12(9)15(19)11-4-2-3-5-13(11)17-14(15)18/h2-8,19H,1H3,(H,17,18). The number of aliphatic hydroxyl groups is 1. The molecule has 2 aromatic carbocycles. The van der Waals surface area contributed by atoms with Crippen molar-refractivity contribution in [3.63, 3.8) is 0 Å². The highest BCUT2D eigenvalue weighted by Crippen LogP contribution is 2.41. The zero-order valence-corrected chi connectivity index (χ0v) is 10.3. The molecule has 1 atom stereocenters. The van der Waals surface area contributed by atoms with Gasteiger partial charge in [-0.05, 0) is 30.7 Å². The summed E-state index contributed by atoms with van der Waals surface area (Å²) in [4.78, 5) is 12.1. The number of hydrogen-bond acceptors (Lipinski definition) is 2. The molecule has 4 heteroatoms. The predicted molar refractivity (Wildman–Crippen MR) is 69.2 cm³/mol. The maximum absolute atomic E-state index is 13.4. The first-order chi connectivity index (χ1) is 9.03. The summed E-state index contributed by atoms with van der Waals surface area (Å²) in [6, 6.07) is 10.9. The van der Waals surface area contributed by atoms with E-state index in [0.717, 1.165) is 0 Å². The van der Waals surface area contributed by atoms with Gasteiger partial charge in [0.05, 0.1) is 0 Å². The Morgan fingerprint density at radius 3 is 2.68 bits per heavy atom. The van der Waals surface area contributed by atoms with Crippen molar-refractivity contribution < 1.29 is 14.3 Å². The molecule has 0 fully saturated rings. The molecule has 1 aliphatic rings. The summed E-state index contributed by atoms with van der Waals surface area (Å²) in [6.07, 6.45) is 0. The van der Waals surface area contributed by atoms with E-state index in [1.54, 1.807) is 37.3 Å². The molecule has 0 aliphatic carbocycles. The van der Waals surface area contributed by atoms with E-state index in [1.807, 2.05) is 0 Å². The summed E-state index contributed by atoms with van der Waals surface area (Å²) in [5.41, 5.74) is 0.112. The smallest absolute Gasteiger partial charge is 0.265 e. The third-order valence-electron chi connectivity index (χ3n) is 3.48. The number of rotatable bonds is 1. The lowest BCUT2D eigenvalue weighted by Gasteiger charge is -2.23. The molecule has 0 saturated heterocycles. The summed E-state index contributed by atoms with van der Waals surface area (Å²) in [6.45, 7) is 1.74. The lowest BCUT2D eigenvalue weighted by Crippen LogP contribution is -2.36. The molecule has 19 heavy (non-hydrogen) atoms. The number of anilines is 1. The van der Waals surface area contributed by atoms with Crippen molar-refractivity contribution in [1.82, 2.24) is 0 Å². The second-order valence-corrected chi connectivity index (χ2v) is 4.67. The Morgan fingerprint density at radius 1 is 1.16 bits per heavy atom. The van der Waals surface area contributed by atoms with Gasteiger partial charge < -0.3 is 10.4 Å². The van der Waals surface area contributed by atoms with Gasteiger partial charge in [-0.15, -0.1) is 0 Å². The third-order valence-corrected chi connectivity index (χ3v) is 3.48. The number of halogens is 1. The molecular formula is C15H12FNO2. The van der Waals surface area contributed by atoms with Gasteiger partial charge in [0.15, 0.2) is 5.60 Å². The first-order valence-electron chi connectivity index (χ1n) is 5.93. The molecule has 96 valence electrons. The van der Waals surface area contributed by atoms with Crippen molar-refractivity contribution in [2.75, 3.05) is 5.32 Å². The normalized spacial score (nSPS) is 21.1. The van der Waals surface area contributed by atoms with E-state index in [4.69, 9.17) is 0 Å². The van der Waals surface area contributed by atoms with Crippen LogP contribution in [-0.4, -0.2) is 11.0 Å². The van der Waals surface area contributed by atoms with Crippen LogP contribution in [-0.2, 0) is 10.4 Å². The van der Waals surface area contributed by atoms with Crippen molar-refractivity contribution in [1.29, 1.82) is 0 Å². The molecule has 2 N–H and O–H groups in total. The number of para-hydroxylation sites is 1. The summed E-state index contributed by atoms with van der Waals surface area (Å²) >= 11 is 0. The number of fused-ring (bicyclic) bond motifs is 1. The molecule has 3 rings (SSSR count). The average molecular weight is 257 g/mol. The number of benzene rings is 2. The molecule has 1 aliphatic heterocycles. The molecular weight excluding hydrogens is 245 g/mol. The van der Waals surface area contributed by atoms with E-state index in [-0.39, 0.29) is 5.56 Å². The Kier molecular flexibility index (Phi) is 2.43. The van der Waals surface area contributed by atoms with Crippen LogP contribution in [0.3, 0.4) is 0 Å². The van der Waals surface area contributed by atoms with Gasteiger partial charge in [-0.3, -0.25) is 4.79 Å². The van der Waals surface area contributed by atoms with Crippen molar-refractivity contribution >= 4 is 11.6 Å². The number of carbonyl (C=O) groups is 1. The van der Waals surface area contributed by atoms with Gasteiger partial charge in [-0.25, -0.2) is 4.39 Å². The number of hydrogen-bond donors (Lipinski definition) is 2. The number of nitrogens with one attached hydrogen (secondary N) is 1. The Balaban J connectivity index is 2.28. The maximum atomic E-state index is 13.4. The quantitative estimate of drug-likeness (QED) is 0.823. The first kappa shape index (κ1) is 11.9. The molecule has 2 aromatic rings. The Bertz CT molecular complexity index is 684. The van der Waals surface area contributed by atoms with Gasteiger partial charge in [-0.1, -0.05) is 24.3 Å². The Labute approximate surface area is 109 Å². The molecule has 0 bridgehead atoms. The zero-order chi connectivity index (χ0) is 13.6. The van der Waals surface area contributed by atoms with Crippen LogP contribution in [0.15, 0.2) is 42.5 Å². The molecule has 1 unspecified atom stereocenters. The van der Waals surface area contributed by atoms with Gasteiger partial charge >= 0.3 is 0 Å². The highest BCUT2D eigenvalue weighted by Gasteiger charge is 2.47. The largest absolute Gasteiger partial charge is 0.372 e. The predicted octanol–water partition coefficient (Wildman–Crippen LogP) is 2.32. The van der Waals surface area contributed by atoms with Crippen LogP contribution in [0.1, 0.15) is 16.7 Å². The fraction of sp³-hybridized carbons (Fsp3) is 0.133. The van der Waals surface area contributed by atoms with Crippen LogP contribution in [0.25, 0.3) is 0 Å². The number of amides is 1. The van der Waals surface area contributed by atoms with E-state index in [1.165, 1.54) is 12.1 Å². The van der Waals surface area contributed by atoms with E-state index in [9.17, 15) is 14.3 Å². The Hall–Kier alpha value is -2.20. The fourth-order valence-corrected chi connectivity index (χ4v) is 2.49. The summed E-state index contributed by atoms with van der Waals surface area (Å²) in [5.74, 6) is -1.03. The lowest BCUT2D eigenvalue weighted by molar-refractivity contribution is -0.129. The first-order valence-corrected chi connectivity index (χ1v) is 5.93. The van der Waals surface area contributed by atoms with Gasteiger partial charge in [0.2, 0.25) is 0 Å². The molecule has 3 nitrogen and oxygen atoms in total. The lowest BCUT2D eigenvalue weighted by atomic mass is 9.85. The fourth-order valence-electron chi connectivity index (χ4n) is 2.49. The van der Waals surface area contributed by atoms with Crippen LogP contribution in [0.5, 0.6) is 0 Å². The summed E-state index contributed by atoms with van der Waals surface area (Å²) in [5, 5.41) is 13.4. The van der Waals surface area contributed by atoms with Crippen LogP contribution < -0.4 is 5.32 Å². The van der Waals surface area contributed by atoms with Crippen LogP contribution in [0, 0.1) is 12.7 Å². The molecule has 0 radical (unpaired) electrons. The molecule has 1 amide bonds. The topological polar surface area (TPSA) is 49.3 Å². The third kappa shape index (κ3) is 1.57. The molecule has 0 aromatic heterocycles. The van der Waals surface area contributed by atoms with Crippen molar-refractivity contribution in [3.8, 4) is 0 Å². The SMILES string of the molecule is Cc1ccc(F)cc1C1(O)C(=O)Nc2ccccc21. The van der Waals surface area contributed by atoms with Crippen molar-refractivity contribution in [2.45, 2.75) is 12.5 Å². The number of carbonyl (C=O) groups excluding carboxylic acids is 1. The maximum Gasteiger partial charge on any atom is 0.265 e. The summed E-state index contributed by atoms with van der Waals surface area (Å²) < 4.78 is 13.4. The van der Waals surface area contributed by atoms with E-state index in [0.29, 0.717) is 16.8 Å².